The first-order valence-corrected chi connectivity index (χ1v) is 7.19. The quantitative estimate of drug-likeness (QED) is 0.670. The molecule has 2 aromatic rings. The van der Waals surface area contributed by atoms with Crippen LogP contribution < -0.4 is 5.32 Å². The molecular weight excluding hydrogens is 320 g/mol. The van der Waals surface area contributed by atoms with Crippen LogP contribution >= 0.6 is 11.6 Å². The van der Waals surface area contributed by atoms with Gasteiger partial charge in [-0.25, -0.2) is 9.78 Å². The van der Waals surface area contributed by atoms with E-state index in [2.05, 4.69) is 10.3 Å². The van der Waals surface area contributed by atoms with Gasteiger partial charge in [-0.05, 0) is 44.2 Å². The minimum absolute atomic E-state index is 0.323. The lowest BCUT2D eigenvalue weighted by atomic mass is 10.3. The third-order valence-corrected chi connectivity index (χ3v) is 3.01. The smallest absolute Gasteiger partial charge is 0.331 e. The maximum atomic E-state index is 11.9. The lowest BCUT2D eigenvalue weighted by Gasteiger charge is -2.11. The number of anilines is 1. The van der Waals surface area contributed by atoms with Gasteiger partial charge in [-0.1, -0.05) is 11.6 Å². The summed E-state index contributed by atoms with van der Waals surface area (Å²) >= 11 is 5.71. The lowest BCUT2D eigenvalue weighted by Crippen LogP contribution is -2.29. The van der Waals surface area contributed by atoms with Crippen molar-refractivity contribution in [3.05, 3.63) is 53.1 Å². The van der Waals surface area contributed by atoms with Gasteiger partial charge in [0.1, 0.15) is 17.3 Å². The predicted octanol–water partition coefficient (Wildman–Crippen LogP) is 3.22. The van der Waals surface area contributed by atoms with Crippen molar-refractivity contribution in [3.63, 3.8) is 0 Å². The number of furan rings is 1. The highest BCUT2D eigenvalue weighted by Crippen LogP contribution is 2.11. The van der Waals surface area contributed by atoms with Gasteiger partial charge >= 0.3 is 5.97 Å². The fraction of sp³-hybridized carbons (Fsp3) is 0.188. The van der Waals surface area contributed by atoms with Crippen molar-refractivity contribution in [2.45, 2.75) is 20.0 Å². The van der Waals surface area contributed by atoms with Crippen molar-refractivity contribution in [3.8, 4) is 0 Å². The number of aryl methyl sites for hydroxylation is 1. The van der Waals surface area contributed by atoms with Gasteiger partial charge in [0.2, 0.25) is 0 Å². The molecule has 0 unspecified atom stereocenters. The van der Waals surface area contributed by atoms with E-state index in [1.807, 2.05) is 0 Å². The molecule has 0 saturated heterocycles. The second kappa shape index (κ2) is 7.60. The molecule has 7 heteroatoms. The third kappa shape index (κ3) is 5.27. The first-order chi connectivity index (χ1) is 10.9. The van der Waals surface area contributed by atoms with Crippen LogP contribution in [0.25, 0.3) is 6.08 Å². The monoisotopic (exact) mass is 334 g/mol. The van der Waals surface area contributed by atoms with E-state index in [4.69, 9.17) is 20.8 Å². The summed E-state index contributed by atoms with van der Waals surface area (Å²) in [7, 11) is 0. The van der Waals surface area contributed by atoms with Crippen LogP contribution in [0.3, 0.4) is 0 Å². The number of rotatable bonds is 5. The number of aromatic nitrogens is 1. The first-order valence-electron chi connectivity index (χ1n) is 6.81. The molecular formula is C16H15ClN2O4. The number of carbonyl (C=O) groups is 2. The SMILES string of the molecule is Cc1ccc(/C=C/C(=O)O[C@@H](C)C(=O)Nc2ccc(Cl)cn2)o1. The van der Waals surface area contributed by atoms with Crippen LogP contribution in [0, 0.1) is 6.92 Å². The Morgan fingerprint density at radius 2 is 2.13 bits per heavy atom. The van der Waals surface area contributed by atoms with Gasteiger partial charge in [-0.15, -0.1) is 0 Å². The van der Waals surface area contributed by atoms with Gasteiger partial charge in [0, 0.05) is 12.3 Å². The van der Waals surface area contributed by atoms with E-state index >= 15 is 0 Å². The normalized spacial score (nSPS) is 12.1. The maximum absolute atomic E-state index is 11.9. The number of halogens is 1. The number of pyridine rings is 1. The molecule has 0 bridgehead atoms. The minimum Gasteiger partial charge on any atom is -0.462 e. The second-order valence-electron chi connectivity index (χ2n) is 4.71. The Hall–Kier alpha value is -2.60. The minimum atomic E-state index is -0.969. The average molecular weight is 335 g/mol. The predicted molar refractivity (Wildman–Crippen MR) is 85.9 cm³/mol. The van der Waals surface area contributed by atoms with Crippen LogP contribution in [0.5, 0.6) is 0 Å². The Bertz CT molecular complexity index is 722. The Morgan fingerprint density at radius 3 is 2.74 bits per heavy atom. The summed E-state index contributed by atoms with van der Waals surface area (Å²) in [5, 5.41) is 2.98. The second-order valence-corrected chi connectivity index (χ2v) is 5.15. The lowest BCUT2D eigenvalue weighted by molar-refractivity contribution is -0.148. The van der Waals surface area contributed by atoms with Gasteiger partial charge in [0.05, 0.1) is 5.02 Å². The van der Waals surface area contributed by atoms with Crippen molar-refractivity contribution in [2.75, 3.05) is 5.32 Å². The number of hydrogen-bond acceptors (Lipinski definition) is 5. The summed E-state index contributed by atoms with van der Waals surface area (Å²) in [4.78, 5) is 27.5. The number of esters is 1. The summed E-state index contributed by atoms with van der Waals surface area (Å²) in [5.41, 5.74) is 0. The summed E-state index contributed by atoms with van der Waals surface area (Å²) < 4.78 is 10.3. The average Bonchev–Trinajstić information content (AvgIpc) is 2.93. The molecule has 0 aromatic carbocycles. The number of nitrogens with one attached hydrogen (secondary N) is 1. The molecule has 0 spiro atoms. The molecule has 1 N–H and O–H groups in total. The van der Waals surface area contributed by atoms with Crippen LogP contribution in [0.4, 0.5) is 5.82 Å². The Labute approximate surface area is 138 Å². The van der Waals surface area contributed by atoms with E-state index in [1.165, 1.54) is 25.3 Å². The molecule has 23 heavy (non-hydrogen) atoms. The number of ether oxygens (including phenoxy) is 1. The summed E-state index contributed by atoms with van der Waals surface area (Å²) in [6.45, 7) is 3.26. The summed E-state index contributed by atoms with van der Waals surface area (Å²) in [6, 6.07) is 6.64. The number of hydrogen-bond donors (Lipinski definition) is 1. The molecule has 1 atom stereocenters. The molecule has 2 rings (SSSR count). The van der Waals surface area contributed by atoms with E-state index in [9.17, 15) is 9.59 Å². The van der Waals surface area contributed by atoms with Crippen molar-refractivity contribution in [2.24, 2.45) is 0 Å². The number of amides is 1. The fourth-order valence-electron chi connectivity index (χ4n) is 1.64. The van der Waals surface area contributed by atoms with Crippen LogP contribution in [-0.4, -0.2) is 23.0 Å². The zero-order valence-electron chi connectivity index (χ0n) is 12.6. The fourth-order valence-corrected chi connectivity index (χ4v) is 1.75. The van der Waals surface area contributed by atoms with E-state index in [0.717, 1.165) is 5.76 Å². The molecule has 6 nitrogen and oxygen atoms in total. The van der Waals surface area contributed by atoms with Crippen molar-refractivity contribution >= 4 is 35.4 Å². The highest BCUT2D eigenvalue weighted by molar-refractivity contribution is 6.30. The molecule has 2 heterocycles. The Morgan fingerprint density at radius 1 is 1.35 bits per heavy atom. The molecule has 0 aliphatic rings. The summed E-state index contributed by atoms with van der Waals surface area (Å²) in [5.74, 6) is 0.452. The van der Waals surface area contributed by atoms with Crippen LogP contribution in [0.1, 0.15) is 18.4 Å². The number of carbonyl (C=O) groups excluding carboxylic acids is 2. The first kappa shape index (κ1) is 16.8. The third-order valence-electron chi connectivity index (χ3n) is 2.79. The molecule has 120 valence electrons. The zero-order chi connectivity index (χ0) is 16.8. The molecule has 0 aliphatic carbocycles. The van der Waals surface area contributed by atoms with E-state index in [1.54, 1.807) is 31.2 Å². The highest BCUT2D eigenvalue weighted by Gasteiger charge is 2.17. The van der Waals surface area contributed by atoms with Gasteiger partial charge in [0.15, 0.2) is 6.10 Å². The Balaban J connectivity index is 1.86. The highest BCUT2D eigenvalue weighted by atomic mass is 35.5. The van der Waals surface area contributed by atoms with Gasteiger partial charge in [-0.3, -0.25) is 4.79 Å². The van der Waals surface area contributed by atoms with Crippen molar-refractivity contribution < 1.29 is 18.7 Å². The summed E-state index contributed by atoms with van der Waals surface area (Å²) in [6.07, 6.45) is 3.11. The van der Waals surface area contributed by atoms with Crippen LogP contribution in [0.15, 0.2) is 41.0 Å². The Kier molecular flexibility index (Phi) is 5.54. The van der Waals surface area contributed by atoms with E-state index < -0.39 is 18.0 Å². The maximum Gasteiger partial charge on any atom is 0.331 e. The largest absolute Gasteiger partial charge is 0.462 e. The molecule has 0 saturated carbocycles. The molecule has 2 aromatic heterocycles. The van der Waals surface area contributed by atoms with Gasteiger partial charge in [-0.2, -0.15) is 0 Å². The van der Waals surface area contributed by atoms with E-state index in [-0.39, 0.29) is 0 Å². The van der Waals surface area contributed by atoms with E-state index in [0.29, 0.717) is 16.6 Å². The molecule has 1 amide bonds. The zero-order valence-corrected chi connectivity index (χ0v) is 13.3. The molecule has 0 aliphatic heterocycles. The molecule has 0 fully saturated rings. The van der Waals surface area contributed by atoms with Gasteiger partial charge < -0.3 is 14.5 Å². The van der Waals surface area contributed by atoms with Crippen molar-refractivity contribution in [1.82, 2.24) is 4.98 Å². The standard InChI is InChI=1S/C16H15ClN2O4/c1-10-3-5-13(22-10)6-8-15(20)23-11(2)16(21)19-14-7-4-12(17)9-18-14/h3-9,11H,1-2H3,(H,18,19,21)/b8-6+/t11-/m0/s1. The van der Waals surface area contributed by atoms with Crippen LogP contribution in [0.2, 0.25) is 5.02 Å². The molecule has 0 radical (unpaired) electrons. The van der Waals surface area contributed by atoms with Crippen LogP contribution in [-0.2, 0) is 14.3 Å². The topological polar surface area (TPSA) is 81.4 Å². The van der Waals surface area contributed by atoms with Crippen molar-refractivity contribution in [1.29, 1.82) is 0 Å². The number of nitrogens with zero attached hydrogens (tertiary/aromatic N) is 1. The van der Waals surface area contributed by atoms with Gasteiger partial charge in [0.25, 0.3) is 5.91 Å².